The van der Waals surface area contributed by atoms with Gasteiger partial charge in [0.2, 0.25) is 5.91 Å². The predicted octanol–water partition coefficient (Wildman–Crippen LogP) is 2.90. The van der Waals surface area contributed by atoms with Gasteiger partial charge in [-0.1, -0.05) is 19.1 Å². The number of carboxylic acids is 1. The lowest BCUT2D eigenvalue weighted by atomic mass is 10.1. The SMILES string of the molecule is CCc1nc(CC(=O)Nc2cccc(CCC(=O)O)c2)cs1. The van der Waals surface area contributed by atoms with Gasteiger partial charge in [0.1, 0.15) is 0 Å². The summed E-state index contributed by atoms with van der Waals surface area (Å²) in [6, 6.07) is 7.26. The predicted molar refractivity (Wildman–Crippen MR) is 86.2 cm³/mol. The highest BCUT2D eigenvalue weighted by molar-refractivity contribution is 7.09. The van der Waals surface area contributed by atoms with E-state index in [0.717, 1.165) is 22.7 Å². The molecular weight excluding hydrogens is 300 g/mol. The Hall–Kier alpha value is -2.21. The van der Waals surface area contributed by atoms with Crippen molar-refractivity contribution in [1.29, 1.82) is 0 Å². The third-order valence-corrected chi connectivity index (χ3v) is 4.12. The van der Waals surface area contributed by atoms with Crippen molar-refractivity contribution in [3.8, 4) is 0 Å². The highest BCUT2D eigenvalue weighted by atomic mass is 32.1. The zero-order valence-electron chi connectivity index (χ0n) is 12.3. The number of hydrogen-bond acceptors (Lipinski definition) is 4. The van der Waals surface area contributed by atoms with Crippen LogP contribution in [0.3, 0.4) is 0 Å². The van der Waals surface area contributed by atoms with Gasteiger partial charge >= 0.3 is 5.97 Å². The number of rotatable bonds is 7. The minimum absolute atomic E-state index is 0.0794. The Bertz CT molecular complexity index is 667. The lowest BCUT2D eigenvalue weighted by Gasteiger charge is -2.06. The van der Waals surface area contributed by atoms with Crippen molar-refractivity contribution in [3.63, 3.8) is 0 Å². The van der Waals surface area contributed by atoms with Gasteiger partial charge in [0.05, 0.1) is 17.1 Å². The van der Waals surface area contributed by atoms with Crippen LogP contribution in [-0.2, 0) is 28.9 Å². The quantitative estimate of drug-likeness (QED) is 0.822. The van der Waals surface area contributed by atoms with Crippen molar-refractivity contribution in [3.05, 3.63) is 45.9 Å². The van der Waals surface area contributed by atoms with E-state index in [9.17, 15) is 9.59 Å². The molecule has 1 heterocycles. The third-order valence-electron chi connectivity index (χ3n) is 3.08. The normalized spacial score (nSPS) is 10.4. The number of amides is 1. The number of aromatic nitrogens is 1. The first kappa shape index (κ1) is 16.2. The number of hydrogen-bond donors (Lipinski definition) is 2. The van der Waals surface area contributed by atoms with Crippen LogP contribution >= 0.6 is 11.3 Å². The summed E-state index contributed by atoms with van der Waals surface area (Å²) in [4.78, 5) is 27.0. The average molecular weight is 318 g/mol. The maximum absolute atomic E-state index is 12.0. The molecule has 22 heavy (non-hydrogen) atoms. The van der Waals surface area contributed by atoms with Gasteiger partial charge in [-0.2, -0.15) is 0 Å². The van der Waals surface area contributed by atoms with Crippen LogP contribution in [0.15, 0.2) is 29.6 Å². The number of anilines is 1. The number of thiazole rings is 1. The van der Waals surface area contributed by atoms with E-state index < -0.39 is 5.97 Å². The summed E-state index contributed by atoms with van der Waals surface area (Å²) in [5.41, 5.74) is 2.35. The molecule has 0 saturated heterocycles. The standard InChI is InChI=1S/C16H18N2O3S/c1-2-15-18-13(10-22-15)9-14(19)17-12-5-3-4-11(8-12)6-7-16(20)21/h3-5,8,10H,2,6-7,9H2,1H3,(H,17,19)(H,20,21). The Labute approximate surface area is 133 Å². The van der Waals surface area contributed by atoms with Gasteiger partial charge in [0.25, 0.3) is 0 Å². The summed E-state index contributed by atoms with van der Waals surface area (Å²) in [5, 5.41) is 14.5. The Morgan fingerprint density at radius 1 is 1.36 bits per heavy atom. The first-order valence-electron chi connectivity index (χ1n) is 7.10. The molecule has 5 nitrogen and oxygen atoms in total. The molecule has 0 bridgehead atoms. The number of carbonyl (C=O) groups is 2. The maximum Gasteiger partial charge on any atom is 0.303 e. The molecule has 0 spiro atoms. The smallest absolute Gasteiger partial charge is 0.303 e. The van der Waals surface area contributed by atoms with Crippen molar-refractivity contribution in [2.45, 2.75) is 32.6 Å². The molecule has 1 aromatic carbocycles. The molecule has 6 heteroatoms. The summed E-state index contributed by atoms with van der Waals surface area (Å²) < 4.78 is 0. The van der Waals surface area contributed by atoms with Crippen molar-refractivity contribution < 1.29 is 14.7 Å². The van der Waals surface area contributed by atoms with E-state index in [1.165, 1.54) is 0 Å². The minimum atomic E-state index is -0.829. The number of carboxylic acid groups (broad SMARTS) is 1. The van der Waals surface area contributed by atoms with E-state index in [4.69, 9.17) is 5.11 Å². The van der Waals surface area contributed by atoms with Crippen LogP contribution in [0.5, 0.6) is 0 Å². The lowest BCUT2D eigenvalue weighted by molar-refractivity contribution is -0.137. The zero-order valence-corrected chi connectivity index (χ0v) is 13.2. The molecule has 116 valence electrons. The molecular formula is C16H18N2O3S. The Morgan fingerprint density at radius 2 is 2.18 bits per heavy atom. The van der Waals surface area contributed by atoms with E-state index in [1.807, 2.05) is 24.4 Å². The molecule has 2 N–H and O–H groups in total. The Kier molecular flexibility index (Phi) is 5.66. The van der Waals surface area contributed by atoms with E-state index in [1.54, 1.807) is 23.5 Å². The number of nitrogens with one attached hydrogen (secondary N) is 1. The highest BCUT2D eigenvalue weighted by Gasteiger charge is 2.08. The zero-order chi connectivity index (χ0) is 15.9. The molecule has 0 radical (unpaired) electrons. The molecule has 0 aliphatic carbocycles. The fourth-order valence-electron chi connectivity index (χ4n) is 2.02. The van der Waals surface area contributed by atoms with E-state index in [2.05, 4.69) is 10.3 Å². The van der Waals surface area contributed by atoms with Gasteiger partial charge < -0.3 is 10.4 Å². The van der Waals surface area contributed by atoms with Gasteiger partial charge in [-0.15, -0.1) is 11.3 Å². The largest absolute Gasteiger partial charge is 0.481 e. The summed E-state index contributed by atoms with van der Waals surface area (Å²) in [6.45, 7) is 2.03. The summed E-state index contributed by atoms with van der Waals surface area (Å²) in [7, 11) is 0. The van der Waals surface area contributed by atoms with Crippen LogP contribution in [0.2, 0.25) is 0 Å². The van der Waals surface area contributed by atoms with Crippen LogP contribution in [0.4, 0.5) is 5.69 Å². The fraction of sp³-hybridized carbons (Fsp3) is 0.312. The second-order valence-electron chi connectivity index (χ2n) is 4.91. The number of benzene rings is 1. The molecule has 0 atom stereocenters. The first-order chi connectivity index (χ1) is 10.6. The van der Waals surface area contributed by atoms with Crippen molar-refractivity contribution in [1.82, 2.24) is 4.98 Å². The second-order valence-corrected chi connectivity index (χ2v) is 5.85. The van der Waals surface area contributed by atoms with E-state index in [0.29, 0.717) is 12.1 Å². The van der Waals surface area contributed by atoms with Gasteiger partial charge in [0.15, 0.2) is 0 Å². The number of nitrogens with zero attached hydrogens (tertiary/aromatic N) is 1. The summed E-state index contributed by atoms with van der Waals surface area (Å²) >= 11 is 1.56. The molecule has 1 amide bonds. The van der Waals surface area contributed by atoms with Gasteiger partial charge in [-0.05, 0) is 30.5 Å². The minimum Gasteiger partial charge on any atom is -0.481 e. The van der Waals surface area contributed by atoms with Crippen molar-refractivity contribution in [2.24, 2.45) is 0 Å². The fourth-order valence-corrected chi connectivity index (χ4v) is 2.76. The molecule has 0 unspecified atom stereocenters. The topological polar surface area (TPSA) is 79.3 Å². The first-order valence-corrected chi connectivity index (χ1v) is 7.98. The van der Waals surface area contributed by atoms with Crippen LogP contribution < -0.4 is 5.32 Å². The van der Waals surface area contributed by atoms with E-state index >= 15 is 0 Å². The summed E-state index contributed by atoms with van der Waals surface area (Å²) in [5.74, 6) is -0.951. The number of carbonyl (C=O) groups excluding carboxylic acids is 1. The van der Waals surface area contributed by atoms with Gasteiger partial charge in [-0.25, -0.2) is 4.98 Å². The Morgan fingerprint density at radius 3 is 2.86 bits per heavy atom. The number of aryl methyl sites for hydroxylation is 2. The molecule has 0 fully saturated rings. The molecule has 0 aliphatic heterocycles. The number of aliphatic carboxylic acids is 1. The van der Waals surface area contributed by atoms with Crippen molar-refractivity contribution >= 4 is 28.9 Å². The molecule has 2 rings (SSSR count). The molecule has 0 aliphatic rings. The van der Waals surface area contributed by atoms with Crippen molar-refractivity contribution in [2.75, 3.05) is 5.32 Å². The lowest BCUT2D eigenvalue weighted by Crippen LogP contribution is -2.14. The second kappa shape index (κ2) is 7.70. The molecule has 1 aromatic heterocycles. The van der Waals surface area contributed by atoms with E-state index in [-0.39, 0.29) is 18.7 Å². The van der Waals surface area contributed by atoms with Gasteiger partial charge in [0, 0.05) is 17.5 Å². The van der Waals surface area contributed by atoms with Crippen LogP contribution in [0.1, 0.15) is 29.6 Å². The van der Waals surface area contributed by atoms with Crippen LogP contribution in [-0.4, -0.2) is 22.0 Å². The third kappa shape index (κ3) is 4.96. The van der Waals surface area contributed by atoms with Crippen LogP contribution in [0, 0.1) is 0 Å². The monoisotopic (exact) mass is 318 g/mol. The molecule has 2 aromatic rings. The maximum atomic E-state index is 12.0. The highest BCUT2D eigenvalue weighted by Crippen LogP contribution is 2.14. The van der Waals surface area contributed by atoms with Crippen LogP contribution in [0.25, 0.3) is 0 Å². The molecule has 0 saturated carbocycles. The summed E-state index contributed by atoms with van der Waals surface area (Å²) in [6.07, 6.45) is 1.65. The average Bonchev–Trinajstić information content (AvgIpc) is 2.93. The van der Waals surface area contributed by atoms with Gasteiger partial charge in [-0.3, -0.25) is 9.59 Å². The Balaban J connectivity index is 1.93.